The molecule has 0 spiro atoms. The first-order valence-corrected chi connectivity index (χ1v) is 5.44. The fourth-order valence-electron chi connectivity index (χ4n) is 1.26. The van der Waals surface area contributed by atoms with Gasteiger partial charge >= 0.3 is 0 Å². The molecule has 0 aliphatic carbocycles. The molecule has 1 rings (SSSR count). The highest BCUT2D eigenvalue weighted by molar-refractivity contribution is 5.80. The van der Waals surface area contributed by atoms with Crippen LogP contribution in [0.15, 0.2) is 30.3 Å². The zero-order chi connectivity index (χ0) is 11.8. The Morgan fingerprint density at radius 2 is 2.12 bits per heavy atom. The largest absolute Gasteiger partial charge is 0.491 e. The van der Waals surface area contributed by atoms with Crippen molar-refractivity contribution in [3.05, 3.63) is 30.3 Å². The first-order valence-electron chi connectivity index (χ1n) is 5.44. The molecule has 0 radical (unpaired) electrons. The number of carbonyl (C=O) groups excluding carboxylic acids is 1. The first-order chi connectivity index (χ1) is 7.74. The molecule has 1 aromatic rings. The van der Waals surface area contributed by atoms with Crippen LogP contribution in [-0.2, 0) is 4.79 Å². The molecule has 4 heteroatoms. The van der Waals surface area contributed by atoms with E-state index < -0.39 is 6.04 Å². The number of primary amides is 1. The van der Waals surface area contributed by atoms with Gasteiger partial charge in [-0.1, -0.05) is 25.1 Å². The van der Waals surface area contributed by atoms with Crippen LogP contribution in [0, 0.1) is 0 Å². The van der Waals surface area contributed by atoms with Gasteiger partial charge in [-0.05, 0) is 25.1 Å². The van der Waals surface area contributed by atoms with Gasteiger partial charge in [0.15, 0.2) is 0 Å². The van der Waals surface area contributed by atoms with Crippen LogP contribution in [0.2, 0.25) is 0 Å². The molecule has 0 aliphatic rings. The number of carbonyl (C=O) groups is 1. The molecule has 1 atom stereocenters. The van der Waals surface area contributed by atoms with E-state index in [1.807, 2.05) is 37.3 Å². The molecule has 4 nitrogen and oxygen atoms in total. The smallest absolute Gasteiger partial charge is 0.238 e. The van der Waals surface area contributed by atoms with Gasteiger partial charge in [0.1, 0.15) is 18.4 Å². The number of benzene rings is 1. The minimum atomic E-state index is -0.430. The first kappa shape index (κ1) is 12.5. The molecule has 0 saturated heterocycles. The molecule has 0 aromatic heterocycles. The van der Waals surface area contributed by atoms with Crippen molar-refractivity contribution in [3.8, 4) is 5.75 Å². The van der Waals surface area contributed by atoms with Crippen molar-refractivity contribution < 1.29 is 9.53 Å². The van der Waals surface area contributed by atoms with Crippen LogP contribution in [0.3, 0.4) is 0 Å². The molecule has 0 saturated carbocycles. The molecule has 0 heterocycles. The summed E-state index contributed by atoms with van der Waals surface area (Å²) < 4.78 is 5.46. The van der Waals surface area contributed by atoms with Gasteiger partial charge in [-0.3, -0.25) is 4.79 Å². The Bertz CT molecular complexity index is 314. The van der Waals surface area contributed by atoms with Crippen LogP contribution >= 0.6 is 0 Å². The lowest BCUT2D eigenvalue weighted by molar-refractivity contribution is -0.120. The number of ether oxygens (including phenoxy) is 1. The molecular weight excluding hydrogens is 204 g/mol. The normalized spacial score (nSPS) is 12.1. The fourth-order valence-corrected chi connectivity index (χ4v) is 1.26. The van der Waals surface area contributed by atoms with E-state index in [9.17, 15) is 4.79 Å². The van der Waals surface area contributed by atoms with Crippen molar-refractivity contribution in [2.75, 3.05) is 13.2 Å². The van der Waals surface area contributed by atoms with Crippen LogP contribution in [0.1, 0.15) is 13.3 Å². The summed E-state index contributed by atoms with van der Waals surface area (Å²) in [6.45, 7) is 3.05. The molecular formula is C12H18N2O2. The zero-order valence-electron chi connectivity index (χ0n) is 9.48. The van der Waals surface area contributed by atoms with E-state index in [2.05, 4.69) is 5.32 Å². The van der Waals surface area contributed by atoms with Crippen LogP contribution in [0.25, 0.3) is 0 Å². The van der Waals surface area contributed by atoms with Crippen molar-refractivity contribution >= 4 is 5.91 Å². The molecule has 1 aromatic carbocycles. The lowest BCUT2D eigenvalue weighted by Gasteiger charge is -2.15. The van der Waals surface area contributed by atoms with Crippen molar-refractivity contribution in [1.82, 2.24) is 5.32 Å². The van der Waals surface area contributed by atoms with Crippen molar-refractivity contribution in [1.29, 1.82) is 0 Å². The van der Waals surface area contributed by atoms with Crippen molar-refractivity contribution in [2.45, 2.75) is 19.4 Å². The summed E-state index contributed by atoms with van der Waals surface area (Å²) in [5.41, 5.74) is 5.26. The molecule has 1 amide bonds. The molecule has 0 aliphatic heterocycles. The molecule has 0 fully saturated rings. The third-order valence-electron chi connectivity index (χ3n) is 2.14. The second-order valence-electron chi connectivity index (χ2n) is 3.53. The summed E-state index contributed by atoms with van der Waals surface area (Å²) in [5.74, 6) is 0.358. The Balaban J connectivity index is 2.41. The van der Waals surface area contributed by atoms with Gasteiger partial charge in [-0.2, -0.15) is 0 Å². The number of nitrogens with one attached hydrogen (secondary N) is 1. The third-order valence-corrected chi connectivity index (χ3v) is 2.14. The molecule has 1 unspecified atom stereocenters. The van der Waals surface area contributed by atoms with Crippen LogP contribution in [-0.4, -0.2) is 25.1 Å². The summed E-state index contributed by atoms with van der Waals surface area (Å²) in [6, 6.07) is 8.94. The number of amides is 1. The molecule has 0 bridgehead atoms. The number of rotatable bonds is 7. The maximum atomic E-state index is 11.1. The monoisotopic (exact) mass is 222 g/mol. The van der Waals surface area contributed by atoms with Gasteiger partial charge < -0.3 is 15.8 Å². The second kappa shape index (κ2) is 6.85. The minimum Gasteiger partial charge on any atom is -0.491 e. The van der Waals surface area contributed by atoms with Crippen LogP contribution in [0.4, 0.5) is 0 Å². The van der Waals surface area contributed by atoms with E-state index in [1.54, 1.807) is 0 Å². The maximum Gasteiger partial charge on any atom is 0.238 e. The van der Waals surface area contributed by atoms with Gasteiger partial charge in [0, 0.05) is 0 Å². The van der Waals surface area contributed by atoms with Crippen molar-refractivity contribution in [3.63, 3.8) is 0 Å². The minimum absolute atomic E-state index is 0.263. The number of hydrogen-bond acceptors (Lipinski definition) is 3. The Kier molecular flexibility index (Phi) is 5.36. The van der Waals surface area contributed by atoms with Gasteiger partial charge in [-0.15, -0.1) is 0 Å². The average Bonchev–Trinajstić information content (AvgIpc) is 2.30. The highest BCUT2D eigenvalue weighted by atomic mass is 16.5. The highest BCUT2D eigenvalue weighted by Gasteiger charge is 2.14. The van der Waals surface area contributed by atoms with Crippen LogP contribution in [0.5, 0.6) is 5.75 Å². The SMILES string of the molecule is CCCNC(COc1ccccc1)C(N)=O. The Labute approximate surface area is 95.8 Å². The maximum absolute atomic E-state index is 11.1. The van der Waals surface area contributed by atoms with Crippen molar-refractivity contribution in [2.24, 2.45) is 5.73 Å². The highest BCUT2D eigenvalue weighted by Crippen LogP contribution is 2.08. The molecule has 16 heavy (non-hydrogen) atoms. The third kappa shape index (κ3) is 4.31. The van der Waals surface area contributed by atoms with E-state index in [4.69, 9.17) is 10.5 Å². The quantitative estimate of drug-likeness (QED) is 0.721. The summed E-state index contributed by atoms with van der Waals surface area (Å²) in [5, 5.41) is 3.04. The Hall–Kier alpha value is -1.55. The standard InChI is InChI=1S/C12H18N2O2/c1-2-8-14-11(12(13)15)9-16-10-6-4-3-5-7-10/h3-7,11,14H,2,8-9H2,1H3,(H2,13,15). The summed E-state index contributed by atoms with van der Waals surface area (Å²) in [4.78, 5) is 11.1. The van der Waals surface area contributed by atoms with E-state index in [0.717, 1.165) is 18.7 Å². The molecule has 3 N–H and O–H groups in total. The van der Waals surface area contributed by atoms with E-state index >= 15 is 0 Å². The Morgan fingerprint density at radius 3 is 2.69 bits per heavy atom. The number of para-hydroxylation sites is 1. The Morgan fingerprint density at radius 1 is 1.44 bits per heavy atom. The summed E-state index contributed by atoms with van der Waals surface area (Å²) in [6.07, 6.45) is 0.953. The van der Waals surface area contributed by atoms with E-state index in [0.29, 0.717) is 0 Å². The summed E-state index contributed by atoms with van der Waals surface area (Å²) in [7, 11) is 0. The number of nitrogens with two attached hydrogens (primary N) is 1. The van der Waals surface area contributed by atoms with Gasteiger partial charge in [0.2, 0.25) is 5.91 Å². The predicted octanol–water partition coefficient (Wildman–Crippen LogP) is 0.919. The predicted molar refractivity (Wildman–Crippen MR) is 63.2 cm³/mol. The van der Waals surface area contributed by atoms with Gasteiger partial charge in [-0.25, -0.2) is 0 Å². The zero-order valence-corrected chi connectivity index (χ0v) is 9.48. The van der Waals surface area contributed by atoms with E-state index in [-0.39, 0.29) is 12.5 Å². The van der Waals surface area contributed by atoms with Gasteiger partial charge in [0.05, 0.1) is 0 Å². The van der Waals surface area contributed by atoms with Gasteiger partial charge in [0.25, 0.3) is 0 Å². The average molecular weight is 222 g/mol. The topological polar surface area (TPSA) is 64.3 Å². The van der Waals surface area contributed by atoms with Crippen LogP contribution < -0.4 is 15.8 Å². The fraction of sp³-hybridized carbons (Fsp3) is 0.417. The lowest BCUT2D eigenvalue weighted by atomic mass is 10.3. The lowest BCUT2D eigenvalue weighted by Crippen LogP contribution is -2.45. The number of hydrogen-bond donors (Lipinski definition) is 2. The second-order valence-corrected chi connectivity index (χ2v) is 3.53. The summed E-state index contributed by atoms with van der Waals surface area (Å²) >= 11 is 0. The molecule has 88 valence electrons. The van der Waals surface area contributed by atoms with E-state index in [1.165, 1.54) is 0 Å².